The van der Waals surface area contributed by atoms with Gasteiger partial charge in [0.1, 0.15) is 0 Å². The van der Waals surface area contributed by atoms with E-state index in [-0.39, 0.29) is 12.1 Å². The van der Waals surface area contributed by atoms with E-state index in [0.29, 0.717) is 32.3 Å². The fourth-order valence-electron chi connectivity index (χ4n) is 1.39. The zero-order chi connectivity index (χ0) is 10.9. The lowest BCUT2D eigenvalue weighted by Gasteiger charge is -2.07. The van der Waals surface area contributed by atoms with Crippen LogP contribution in [0.2, 0.25) is 0 Å². The third-order valence-electron chi connectivity index (χ3n) is 2.25. The fourth-order valence-corrected chi connectivity index (χ4v) is 1.39. The minimum atomic E-state index is -0.325. The lowest BCUT2D eigenvalue weighted by Crippen LogP contribution is -2.09. The quantitative estimate of drug-likeness (QED) is 0.622. The number of aliphatic hydroxyl groups excluding tert-OH is 1. The second-order valence-electron chi connectivity index (χ2n) is 3.65. The molecule has 0 fully saturated rings. The maximum atomic E-state index is 11.1. The molecule has 0 spiro atoms. The molecule has 0 aromatic heterocycles. The molecule has 1 N–H and O–H groups in total. The lowest BCUT2D eigenvalue weighted by atomic mass is 10.1. The molecule has 1 unspecified atom stereocenters. The van der Waals surface area contributed by atoms with Gasteiger partial charge in [-0.2, -0.15) is 0 Å². The minimum absolute atomic E-state index is 0.155. The Morgan fingerprint density at radius 1 is 1.33 bits per heavy atom. The molecule has 1 heterocycles. The molecule has 1 rings (SSSR count). The van der Waals surface area contributed by atoms with Gasteiger partial charge in [0, 0.05) is 6.42 Å². The van der Waals surface area contributed by atoms with Crippen LogP contribution in [0, 0.1) is 0 Å². The first kappa shape index (κ1) is 12.0. The molecule has 0 saturated heterocycles. The van der Waals surface area contributed by atoms with Gasteiger partial charge in [-0.3, -0.25) is 4.79 Å². The summed E-state index contributed by atoms with van der Waals surface area (Å²) >= 11 is 0. The minimum Gasteiger partial charge on any atom is -0.466 e. The van der Waals surface area contributed by atoms with Gasteiger partial charge in [-0.1, -0.05) is 24.3 Å². The topological polar surface area (TPSA) is 46.5 Å². The number of aliphatic hydroxyl groups is 1. The first-order chi connectivity index (χ1) is 7.29. The van der Waals surface area contributed by atoms with E-state index in [1.165, 1.54) is 0 Å². The highest BCUT2D eigenvalue weighted by Crippen LogP contribution is 2.05. The Labute approximate surface area is 90.4 Å². The molecule has 1 aliphatic heterocycles. The van der Waals surface area contributed by atoms with Crippen molar-refractivity contribution in [1.82, 2.24) is 0 Å². The third-order valence-corrected chi connectivity index (χ3v) is 2.25. The van der Waals surface area contributed by atoms with Crippen molar-refractivity contribution in [2.45, 2.75) is 38.2 Å². The standard InChI is InChI=1S/C12H18O3/c13-11-7-4-2-1-3-5-9-12(14)15-10-6-8-11/h1-4,11,13H,5-10H2/b3-1-,4-2+. The van der Waals surface area contributed by atoms with Gasteiger partial charge in [-0.05, 0) is 25.7 Å². The molecule has 15 heavy (non-hydrogen) atoms. The first-order valence-corrected chi connectivity index (χ1v) is 5.44. The average Bonchev–Trinajstić information content (AvgIpc) is 2.23. The van der Waals surface area contributed by atoms with Crippen LogP contribution in [0.15, 0.2) is 24.3 Å². The second kappa shape index (κ2) is 7.23. The summed E-state index contributed by atoms with van der Waals surface area (Å²) in [4.78, 5) is 11.1. The Hall–Kier alpha value is -1.09. The molecule has 84 valence electrons. The number of allylic oxidation sites excluding steroid dienone is 3. The Morgan fingerprint density at radius 2 is 2.13 bits per heavy atom. The molecular weight excluding hydrogens is 192 g/mol. The summed E-state index contributed by atoms with van der Waals surface area (Å²) in [5.41, 5.74) is 0. The van der Waals surface area contributed by atoms with Crippen molar-refractivity contribution in [3.63, 3.8) is 0 Å². The van der Waals surface area contributed by atoms with Crippen molar-refractivity contribution in [3.8, 4) is 0 Å². The van der Waals surface area contributed by atoms with E-state index in [1.807, 2.05) is 24.3 Å². The summed E-state index contributed by atoms with van der Waals surface area (Å²) in [6, 6.07) is 0. The normalized spacial score (nSPS) is 29.1. The lowest BCUT2D eigenvalue weighted by molar-refractivity contribution is -0.143. The summed E-state index contributed by atoms with van der Waals surface area (Å²) in [5, 5.41) is 9.51. The smallest absolute Gasteiger partial charge is 0.306 e. The van der Waals surface area contributed by atoms with Crippen molar-refractivity contribution in [2.24, 2.45) is 0 Å². The molecule has 3 heteroatoms. The number of cyclic esters (lactones) is 1. The predicted molar refractivity (Wildman–Crippen MR) is 58.3 cm³/mol. The van der Waals surface area contributed by atoms with Crippen molar-refractivity contribution in [2.75, 3.05) is 6.61 Å². The van der Waals surface area contributed by atoms with Crippen LogP contribution in [-0.4, -0.2) is 23.8 Å². The van der Waals surface area contributed by atoms with Crippen molar-refractivity contribution >= 4 is 5.97 Å². The van der Waals surface area contributed by atoms with Crippen LogP contribution in [0.5, 0.6) is 0 Å². The van der Waals surface area contributed by atoms with Crippen LogP contribution in [0.3, 0.4) is 0 Å². The molecule has 0 saturated carbocycles. The summed E-state index contributed by atoms with van der Waals surface area (Å²) in [5.74, 6) is -0.155. The van der Waals surface area contributed by atoms with Crippen LogP contribution in [0.25, 0.3) is 0 Å². The Balaban J connectivity index is 2.40. The van der Waals surface area contributed by atoms with Gasteiger partial charge in [0.2, 0.25) is 0 Å². The maximum absolute atomic E-state index is 11.1. The summed E-state index contributed by atoms with van der Waals surface area (Å²) < 4.78 is 5.00. The van der Waals surface area contributed by atoms with Crippen LogP contribution >= 0.6 is 0 Å². The zero-order valence-electron chi connectivity index (χ0n) is 8.89. The molecule has 0 aromatic carbocycles. The number of esters is 1. The highest BCUT2D eigenvalue weighted by molar-refractivity contribution is 5.69. The largest absolute Gasteiger partial charge is 0.466 e. The first-order valence-electron chi connectivity index (χ1n) is 5.44. The molecule has 1 aliphatic rings. The zero-order valence-corrected chi connectivity index (χ0v) is 8.89. The molecule has 0 aliphatic carbocycles. The fraction of sp³-hybridized carbons (Fsp3) is 0.583. The van der Waals surface area contributed by atoms with E-state index in [1.54, 1.807) is 0 Å². The molecule has 3 nitrogen and oxygen atoms in total. The summed E-state index contributed by atoms with van der Waals surface area (Å²) in [6.07, 6.45) is 10.6. The molecule has 0 radical (unpaired) electrons. The van der Waals surface area contributed by atoms with Crippen LogP contribution in [0.4, 0.5) is 0 Å². The SMILES string of the molecule is O=C1CC/C=C\C=C\CC(O)CCCO1. The van der Waals surface area contributed by atoms with Crippen molar-refractivity contribution < 1.29 is 14.6 Å². The molecule has 1 atom stereocenters. The van der Waals surface area contributed by atoms with E-state index in [0.717, 1.165) is 6.42 Å². The van der Waals surface area contributed by atoms with Gasteiger partial charge in [0.05, 0.1) is 12.7 Å². The van der Waals surface area contributed by atoms with Crippen LogP contribution in [0.1, 0.15) is 32.1 Å². The van der Waals surface area contributed by atoms with Gasteiger partial charge in [-0.25, -0.2) is 0 Å². The van der Waals surface area contributed by atoms with E-state index in [4.69, 9.17) is 4.74 Å². The third kappa shape index (κ3) is 6.07. The monoisotopic (exact) mass is 210 g/mol. The number of rotatable bonds is 0. The van der Waals surface area contributed by atoms with E-state index in [2.05, 4.69) is 0 Å². The van der Waals surface area contributed by atoms with Crippen LogP contribution in [-0.2, 0) is 9.53 Å². The van der Waals surface area contributed by atoms with E-state index < -0.39 is 0 Å². The second-order valence-corrected chi connectivity index (χ2v) is 3.65. The Kier molecular flexibility index (Phi) is 5.78. The Bertz CT molecular complexity index is 243. The number of hydrogen-bond acceptors (Lipinski definition) is 3. The van der Waals surface area contributed by atoms with Gasteiger partial charge in [-0.15, -0.1) is 0 Å². The molecule has 0 amide bonds. The Morgan fingerprint density at radius 3 is 3.00 bits per heavy atom. The highest BCUT2D eigenvalue weighted by atomic mass is 16.5. The average molecular weight is 210 g/mol. The van der Waals surface area contributed by atoms with Crippen LogP contribution < -0.4 is 0 Å². The van der Waals surface area contributed by atoms with Gasteiger partial charge in [0.15, 0.2) is 0 Å². The summed E-state index contributed by atoms with van der Waals surface area (Å²) in [6.45, 7) is 0.420. The predicted octanol–water partition coefficient (Wildman–Crippen LogP) is 1.97. The number of hydrogen-bond donors (Lipinski definition) is 1. The number of carbonyl (C=O) groups is 1. The highest BCUT2D eigenvalue weighted by Gasteiger charge is 2.04. The molecular formula is C12H18O3. The maximum Gasteiger partial charge on any atom is 0.306 e. The van der Waals surface area contributed by atoms with Crippen molar-refractivity contribution in [3.05, 3.63) is 24.3 Å². The summed E-state index contributed by atoms with van der Waals surface area (Å²) in [7, 11) is 0. The van der Waals surface area contributed by atoms with E-state index >= 15 is 0 Å². The van der Waals surface area contributed by atoms with E-state index in [9.17, 15) is 9.90 Å². The number of carbonyl (C=O) groups excluding carboxylic acids is 1. The number of ether oxygens (including phenoxy) is 1. The molecule has 0 aromatic rings. The van der Waals surface area contributed by atoms with Gasteiger partial charge < -0.3 is 9.84 Å². The van der Waals surface area contributed by atoms with Crippen molar-refractivity contribution in [1.29, 1.82) is 0 Å². The molecule has 0 bridgehead atoms. The van der Waals surface area contributed by atoms with Gasteiger partial charge in [0.25, 0.3) is 0 Å². The van der Waals surface area contributed by atoms with Gasteiger partial charge >= 0.3 is 5.97 Å².